The fourth-order valence-corrected chi connectivity index (χ4v) is 4.66. The molecule has 5 heterocycles. The number of ether oxygens (including phenoxy) is 2. The van der Waals surface area contributed by atoms with Crippen LogP contribution in [0.25, 0.3) is 11.3 Å². The van der Waals surface area contributed by atoms with E-state index in [0.717, 1.165) is 52.4 Å². The largest absolute Gasteiger partial charge is 0.479 e. The number of fused-ring (bicyclic) bond motifs is 4. The molecule has 1 amide bonds. The summed E-state index contributed by atoms with van der Waals surface area (Å²) >= 11 is 0. The quantitative estimate of drug-likeness (QED) is 0.476. The Morgan fingerprint density at radius 1 is 1.20 bits per heavy atom. The Hall–Kier alpha value is -4.14. The van der Waals surface area contributed by atoms with Crippen molar-refractivity contribution in [1.29, 1.82) is 0 Å². The molecule has 0 radical (unpaired) electrons. The number of nitrogens with zero attached hydrogens (tertiary/aromatic N) is 4. The highest BCUT2D eigenvalue weighted by atomic mass is 16.6. The first-order chi connectivity index (χ1) is 17.0. The average molecular weight is 472 g/mol. The van der Waals surface area contributed by atoms with E-state index in [4.69, 9.17) is 19.0 Å². The highest BCUT2D eigenvalue weighted by Gasteiger charge is 2.30. The third-order valence-electron chi connectivity index (χ3n) is 6.32. The Bertz CT molecular complexity index is 1420. The molecule has 9 nitrogen and oxygen atoms in total. The van der Waals surface area contributed by atoms with E-state index in [0.29, 0.717) is 37.1 Å². The number of aryl methyl sites for hydroxylation is 3. The molecule has 0 aromatic carbocycles. The van der Waals surface area contributed by atoms with Gasteiger partial charge in [-0.05, 0) is 50.1 Å². The number of hydrogen-bond donors (Lipinski definition) is 1. The molecule has 0 spiro atoms. The Labute approximate surface area is 202 Å². The van der Waals surface area contributed by atoms with E-state index in [1.165, 1.54) is 0 Å². The summed E-state index contributed by atoms with van der Waals surface area (Å²) < 4.78 is 19.5. The second-order valence-electron chi connectivity index (χ2n) is 8.89. The lowest BCUT2D eigenvalue weighted by molar-refractivity contribution is 0.0748. The number of amides is 1. The van der Waals surface area contributed by atoms with Gasteiger partial charge in [0.1, 0.15) is 12.4 Å². The molecule has 1 aliphatic carbocycles. The van der Waals surface area contributed by atoms with Gasteiger partial charge in [0.15, 0.2) is 17.6 Å². The molecule has 6 rings (SSSR count). The molecule has 0 saturated heterocycles. The van der Waals surface area contributed by atoms with E-state index in [9.17, 15) is 4.79 Å². The number of hydrogen-bond acceptors (Lipinski definition) is 7. The molecule has 0 bridgehead atoms. The SMILES string of the molecule is Cc1cccc(Cn2cc3c(n2)-c2c(oc(C(=O)NCC4COc5ncccc5O4)c2C)CC3)n1. The maximum absolute atomic E-state index is 13.0. The maximum Gasteiger partial charge on any atom is 0.287 e. The van der Waals surface area contributed by atoms with E-state index in [1.807, 2.05) is 36.7 Å². The number of aromatic nitrogens is 4. The number of furan rings is 1. The van der Waals surface area contributed by atoms with Gasteiger partial charge >= 0.3 is 0 Å². The van der Waals surface area contributed by atoms with Gasteiger partial charge in [0.2, 0.25) is 0 Å². The van der Waals surface area contributed by atoms with Crippen LogP contribution >= 0.6 is 0 Å². The standard InChI is InChI=1S/C26H25N5O4/c1-15-5-3-6-18(29-15)13-31-12-17-8-9-20-22(23(17)30-31)16(2)24(35-20)25(32)28-11-19-14-33-26-21(34-19)7-4-10-27-26/h3-7,10,12,19H,8-9,11,13-14H2,1-2H3,(H,28,32). The molecule has 1 N–H and O–H groups in total. The summed E-state index contributed by atoms with van der Waals surface area (Å²) in [5.41, 5.74) is 5.70. The predicted octanol–water partition coefficient (Wildman–Crippen LogP) is 3.27. The zero-order valence-corrected chi connectivity index (χ0v) is 19.6. The molecular formula is C26H25N5O4. The van der Waals surface area contributed by atoms with Gasteiger partial charge in [0, 0.05) is 35.6 Å². The van der Waals surface area contributed by atoms with Gasteiger partial charge in [-0.3, -0.25) is 14.5 Å². The lowest BCUT2D eigenvalue weighted by atomic mass is 9.93. The van der Waals surface area contributed by atoms with E-state index in [1.54, 1.807) is 18.3 Å². The van der Waals surface area contributed by atoms with Crippen LogP contribution in [0.2, 0.25) is 0 Å². The Kier molecular flexibility index (Phi) is 5.24. The van der Waals surface area contributed by atoms with Crippen LogP contribution in [0.4, 0.5) is 0 Å². The van der Waals surface area contributed by atoms with Gasteiger partial charge in [0.05, 0.1) is 24.5 Å². The normalized spacial score (nSPS) is 15.9. The number of nitrogens with one attached hydrogen (secondary N) is 1. The molecule has 0 saturated carbocycles. The minimum atomic E-state index is -0.307. The van der Waals surface area contributed by atoms with Gasteiger partial charge in [-0.15, -0.1) is 0 Å². The predicted molar refractivity (Wildman–Crippen MR) is 127 cm³/mol. The van der Waals surface area contributed by atoms with E-state index in [2.05, 4.69) is 21.5 Å². The number of pyridine rings is 2. The van der Waals surface area contributed by atoms with E-state index in [-0.39, 0.29) is 12.0 Å². The van der Waals surface area contributed by atoms with Crippen molar-refractivity contribution in [2.45, 2.75) is 39.3 Å². The smallest absolute Gasteiger partial charge is 0.287 e. The molecule has 9 heteroatoms. The van der Waals surface area contributed by atoms with Crippen LogP contribution in [0, 0.1) is 13.8 Å². The van der Waals surface area contributed by atoms with Gasteiger partial charge < -0.3 is 19.2 Å². The minimum absolute atomic E-state index is 0.276. The summed E-state index contributed by atoms with van der Waals surface area (Å²) in [5, 5.41) is 7.76. The van der Waals surface area contributed by atoms with Crippen molar-refractivity contribution >= 4 is 5.91 Å². The van der Waals surface area contributed by atoms with Gasteiger partial charge in [-0.25, -0.2) is 4.98 Å². The molecule has 178 valence electrons. The second kappa shape index (κ2) is 8.57. The van der Waals surface area contributed by atoms with Gasteiger partial charge in [-0.2, -0.15) is 5.10 Å². The number of rotatable bonds is 5. The highest BCUT2D eigenvalue weighted by molar-refractivity contribution is 5.95. The first-order valence-corrected chi connectivity index (χ1v) is 11.7. The fourth-order valence-electron chi connectivity index (χ4n) is 4.66. The lowest BCUT2D eigenvalue weighted by Crippen LogP contribution is -2.41. The van der Waals surface area contributed by atoms with Crippen LogP contribution in [0.15, 0.2) is 47.1 Å². The summed E-state index contributed by atoms with van der Waals surface area (Å²) in [4.78, 5) is 21.7. The molecule has 4 aromatic heterocycles. The van der Waals surface area contributed by atoms with Crippen LogP contribution in [0.3, 0.4) is 0 Å². The van der Waals surface area contributed by atoms with Crippen molar-refractivity contribution in [3.8, 4) is 22.9 Å². The molecular weight excluding hydrogens is 446 g/mol. The third-order valence-corrected chi connectivity index (χ3v) is 6.32. The van der Waals surface area contributed by atoms with Gasteiger partial charge in [0.25, 0.3) is 11.8 Å². The van der Waals surface area contributed by atoms with Crippen molar-refractivity contribution in [3.63, 3.8) is 0 Å². The van der Waals surface area contributed by atoms with Crippen molar-refractivity contribution in [2.24, 2.45) is 0 Å². The average Bonchev–Trinajstić information content (AvgIpc) is 3.42. The first-order valence-electron chi connectivity index (χ1n) is 11.7. The summed E-state index contributed by atoms with van der Waals surface area (Å²) in [5.74, 6) is 1.89. The summed E-state index contributed by atoms with van der Waals surface area (Å²) in [6, 6.07) is 9.57. The highest BCUT2D eigenvalue weighted by Crippen LogP contribution is 2.38. The van der Waals surface area contributed by atoms with Crippen LogP contribution in [-0.2, 0) is 19.4 Å². The Morgan fingerprint density at radius 2 is 2.11 bits per heavy atom. The molecule has 2 aliphatic rings. The number of carbonyl (C=O) groups is 1. The fraction of sp³-hybridized carbons (Fsp3) is 0.308. The van der Waals surface area contributed by atoms with Crippen molar-refractivity contribution in [3.05, 3.63) is 76.8 Å². The lowest BCUT2D eigenvalue weighted by Gasteiger charge is -2.25. The van der Waals surface area contributed by atoms with Crippen molar-refractivity contribution in [2.75, 3.05) is 13.2 Å². The topological polar surface area (TPSA) is 104 Å². The van der Waals surface area contributed by atoms with Crippen LogP contribution in [0.5, 0.6) is 11.6 Å². The van der Waals surface area contributed by atoms with Crippen LogP contribution in [-0.4, -0.2) is 44.9 Å². The minimum Gasteiger partial charge on any atom is -0.479 e. The van der Waals surface area contributed by atoms with Crippen LogP contribution in [0.1, 0.15) is 38.8 Å². The maximum atomic E-state index is 13.0. The van der Waals surface area contributed by atoms with Crippen LogP contribution < -0.4 is 14.8 Å². The first kappa shape index (κ1) is 21.4. The zero-order chi connectivity index (χ0) is 23.9. The molecule has 1 unspecified atom stereocenters. The Morgan fingerprint density at radius 3 is 3.00 bits per heavy atom. The van der Waals surface area contributed by atoms with Gasteiger partial charge in [-0.1, -0.05) is 6.07 Å². The van der Waals surface area contributed by atoms with Crippen molar-refractivity contribution in [1.82, 2.24) is 25.1 Å². The summed E-state index contributed by atoms with van der Waals surface area (Å²) in [6.07, 6.45) is 4.96. The summed E-state index contributed by atoms with van der Waals surface area (Å²) in [6.45, 7) is 5.09. The van der Waals surface area contributed by atoms with E-state index >= 15 is 0 Å². The molecule has 1 atom stereocenters. The molecule has 0 fully saturated rings. The van der Waals surface area contributed by atoms with E-state index < -0.39 is 0 Å². The molecule has 35 heavy (non-hydrogen) atoms. The summed E-state index contributed by atoms with van der Waals surface area (Å²) in [7, 11) is 0. The molecule has 4 aromatic rings. The molecule has 1 aliphatic heterocycles. The number of carbonyl (C=O) groups excluding carboxylic acids is 1. The van der Waals surface area contributed by atoms with Crippen molar-refractivity contribution < 1.29 is 18.7 Å². The second-order valence-corrected chi connectivity index (χ2v) is 8.89. The Balaban J connectivity index is 1.18. The zero-order valence-electron chi connectivity index (χ0n) is 19.6. The third kappa shape index (κ3) is 4.03. The monoisotopic (exact) mass is 471 g/mol.